The third kappa shape index (κ3) is 5.03. The van der Waals surface area contributed by atoms with Gasteiger partial charge in [0.1, 0.15) is 5.75 Å². The number of ether oxygens (including phenoxy) is 1. The minimum Gasteiger partial charge on any atom is -0.455 e. The van der Waals surface area contributed by atoms with Crippen LogP contribution in [0.25, 0.3) is 0 Å². The summed E-state index contributed by atoms with van der Waals surface area (Å²) in [6.07, 6.45) is -4.50. The minimum atomic E-state index is -4.50. The Morgan fingerprint density at radius 1 is 0.821 bits per heavy atom. The van der Waals surface area contributed by atoms with Crippen LogP contribution in [0.4, 0.5) is 24.5 Å². The number of hydrogen-bond acceptors (Lipinski definition) is 3. The van der Waals surface area contributed by atoms with E-state index in [-0.39, 0.29) is 12.2 Å². The molecular weight excluding hydrogens is 369 g/mol. The molecule has 0 heterocycles. The van der Waals surface area contributed by atoms with Gasteiger partial charge in [0.15, 0.2) is 5.75 Å². The zero-order valence-corrected chi connectivity index (χ0v) is 14.7. The largest absolute Gasteiger partial charge is 0.455 e. The van der Waals surface area contributed by atoms with E-state index < -0.39 is 17.6 Å². The first-order chi connectivity index (χ1) is 13.4. The number of carbonyl (C=O) groups excluding carboxylic acids is 1. The zero-order valence-electron chi connectivity index (χ0n) is 14.7. The summed E-state index contributed by atoms with van der Waals surface area (Å²) >= 11 is 0. The number of carbonyl (C=O) groups is 1. The number of hydrogen-bond donors (Lipinski definition) is 2. The number of anilines is 2. The van der Waals surface area contributed by atoms with Gasteiger partial charge in [0, 0.05) is 5.69 Å². The lowest BCUT2D eigenvalue weighted by atomic mass is 10.1. The van der Waals surface area contributed by atoms with Gasteiger partial charge in [-0.3, -0.25) is 4.79 Å². The van der Waals surface area contributed by atoms with Crippen molar-refractivity contribution in [2.24, 2.45) is 0 Å². The number of alkyl halides is 3. The molecule has 0 radical (unpaired) electrons. The molecule has 3 aromatic rings. The lowest BCUT2D eigenvalue weighted by Gasteiger charge is -2.15. The van der Waals surface area contributed by atoms with Gasteiger partial charge in [-0.25, -0.2) is 0 Å². The van der Waals surface area contributed by atoms with Crippen LogP contribution in [0.5, 0.6) is 11.5 Å². The SMILES string of the molecule is O=C(CNc1ccccc1C(F)(F)F)Nc1ccccc1Oc1ccccc1. The number of halogens is 3. The van der Waals surface area contributed by atoms with E-state index in [9.17, 15) is 18.0 Å². The summed E-state index contributed by atoms with van der Waals surface area (Å²) in [6.45, 7) is -0.327. The van der Waals surface area contributed by atoms with Gasteiger partial charge in [-0.05, 0) is 36.4 Å². The Morgan fingerprint density at radius 3 is 2.14 bits per heavy atom. The predicted molar refractivity (Wildman–Crippen MR) is 102 cm³/mol. The van der Waals surface area contributed by atoms with E-state index in [2.05, 4.69) is 10.6 Å². The third-order valence-electron chi connectivity index (χ3n) is 3.80. The topological polar surface area (TPSA) is 50.4 Å². The van der Waals surface area contributed by atoms with Crippen LogP contribution >= 0.6 is 0 Å². The zero-order chi connectivity index (χ0) is 20.0. The molecule has 4 nitrogen and oxygen atoms in total. The molecule has 7 heteroatoms. The van der Waals surface area contributed by atoms with E-state index >= 15 is 0 Å². The van der Waals surface area contributed by atoms with Crippen molar-refractivity contribution in [3.63, 3.8) is 0 Å². The summed E-state index contributed by atoms with van der Waals surface area (Å²) in [5.41, 5.74) is -0.558. The first kappa shape index (κ1) is 19.3. The standard InChI is InChI=1S/C21H17F3N2O2/c22-21(23,24)16-10-4-5-11-17(16)25-14-20(27)26-18-12-6-7-13-19(18)28-15-8-2-1-3-9-15/h1-13,25H,14H2,(H,26,27). The van der Waals surface area contributed by atoms with Crippen LogP contribution in [0.1, 0.15) is 5.56 Å². The predicted octanol–water partition coefficient (Wildman–Crippen LogP) is 5.55. The summed E-state index contributed by atoms with van der Waals surface area (Å²) in [7, 11) is 0. The Balaban J connectivity index is 1.67. The van der Waals surface area contributed by atoms with Gasteiger partial charge in [0.2, 0.25) is 5.91 Å². The van der Waals surface area contributed by atoms with E-state index in [0.29, 0.717) is 17.2 Å². The highest BCUT2D eigenvalue weighted by atomic mass is 19.4. The van der Waals surface area contributed by atoms with Crippen LogP contribution in [-0.4, -0.2) is 12.5 Å². The number of para-hydroxylation sites is 4. The average Bonchev–Trinajstić information content (AvgIpc) is 2.68. The lowest BCUT2D eigenvalue weighted by Crippen LogP contribution is -2.23. The van der Waals surface area contributed by atoms with Gasteiger partial charge in [0.25, 0.3) is 0 Å². The molecule has 0 unspecified atom stereocenters. The fourth-order valence-corrected chi connectivity index (χ4v) is 2.53. The molecule has 1 amide bonds. The highest BCUT2D eigenvalue weighted by Gasteiger charge is 2.33. The first-order valence-electron chi connectivity index (χ1n) is 8.45. The average molecular weight is 386 g/mol. The Bertz CT molecular complexity index is 944. The molecule has 0 saturated heterocycles. The molecule has 0 saturated carbocycles. The number of amides is 1. The molecule has 0 aliphatic carbocycles. The molecule has 0 aliphatic heterocycles. The monoisotopic (exact) mass is 386 g/mol. The lowest BCUT2D eigenvalue weighted by molar-refractivity contribution is -0.137. The van der Waals surface area contributed by atoms with Crippen LogP contribution < -0.4 is 15.4 Å². The Labute approximate surface area is 160 Å². The van der Waals surface area contributed by atoms with Gasteiger partial charge < -0.3 is 15.4 Å². The smallest absolute Gasteiger partial charge is 0.418 e. The van der Waals surface area contributed by atoms with E-state index in [0.717, 1.165) is 6.07 Å². The van der Waals surface area contributed by atoms with Crippen molar-refractivity contribution >= 4 is 17.3 Å². The molecule has 2 N–H and O–H groups in total. The summed E-state index contributed by atoms with van der Waals surface area (Å²) in [6, 6.07) is 20.9. The summed E-state index contributed by atoms with van der Waals surface area (Å²) < 4.78 is 44.8. The molecular formula is C21H17F3N2O2. The molecule has 0 spiro atoms. The van der Waals surface area contributed by atoms with Crippen molar-refractivity contribution in [2.75, 3.05) is 17.2 Å². The highest BCUT2D eigenvalue weighted by Crippen LogP contribution is 2.34. The Morgan fingerprint density at radius 2 is 1.43 bits per heavy atom. The van der Waals surface area contributed by atoms with Crippen LogP contribution in [0.3, 0.4) is 0 Å². The van der Waals surface area contributed by atoms with Crippen molar-refractivity contribution in [3.8, 4) is 11.5 Å². The fourth-order valence-electron chi connectivity index (χ4n) is 2.53. The van der Waals surface area contributed by atoms with Gasteiger partial charge in [0.05, 0.1) is 17.8 Å². The maximum absolute atomic E-state index is 13.0. The van der Waals surface area contributed by atoms with Crippen LogP contribution in [0.15, 0.2) is 78.9 Å². The third-order valence-corrected chi connectivity index (χ3v) is 3.80. The molecule has 0 atom stereocenters. The molecule has 28 heavy (non-hydrogen) atoms. The second-order valence-corrected chi connectivity index (χ2v) is 5.86. The van der Waals surface area contributed by atoms with E-state index in [1.54, 1.807) is 36.4 Å². The summed E-state index contributed by atoms with van der Waals surface area (Å²) in [5, 5.41) is 5.19. The van der Waals surface area contributed by atoms with Gasteiger partial charge >= 0.3 is 6.18 Å². The molecule has 3 rings (SSSR count). The minimum absolute atomic E-state index is 0.154. The quantitative estimate of drug-likeness (QED) is 0.584. The molecule has 0 bridgehead atoms. The first-order valence-corrected chi connectivity index (χ1v) is 8.45. The van der Waals surface area contributed by atoms with Crippen molar-refractivity contribution < 1.29 is 22.7 Å². The Hall–Kier alpha value is -3.48. The molecule has 0 fully saturated rings. The molecule has 3 aromatic carbocycles. The van der Waals surface area contributed by atoms with Crippen LogP contribution in [0.2, 0.25) is 0 Å². The summed E-state index contributed by atoms with van der Waals surface area (Å²) in [5.74, 6) is 0.528. The highest BCUT2D eigenvalue weighted by molar-refractivity contribution is 5.95. The molecule has 144 valence electrons. The van der Waals surface area contributed by atoms with Gasteiger partial charge in [-0.2, -0.15) is 13.2 Å². The maximum Gasteiger partial charge on any atom is 0.418 e. The molecule has 0 aliphatic rings. The number of nitrogens with one attached hydrogen (secondary N) is 2. The van der Waals surface area contributed by atoms with Crippen molar-refractivity contribution in [2.45, 2.75) is 6.18 Å². The van der Waals surface area contributed by atoms with Crippen molar-refractivity contribution in [1.82, 2.24) is 0 Å². The molecule has 0 aromatic heterocycles. The van der Waals surface area contributed by atoms with Crippen LogP contribution in [-0.2, 0) is 11.0 Å². The normalized spacial score (nSPS) is 11.0. The number of benzene rings is 3. The number of rotatable bonds is 6. The van der Waals surface area contributed by atoms with E-state index in [1.165, 1.54) is 18.2 Å². The van der Waals surface area contributed by atoms with Gasteiger partial charge in [-0.15, -0.1) is 0 Å². The Kier molecular flexibility index (Phi) is 5.84. The van der Waals surface area contributed by atoms with Crippen molar-refractivity contribution in [1.29, 1.82) is 0 Å². The second-order valence-electron chi connectivity index (χ2n) is 5.86. The van der Waals surface area contributed by atoms with Crippen molar-refractivity contribution in [3.05, 3.63) is 84.4 Å². The second kappa shape index (κ2) is 8.47. The summed E-state index contributed by atoms with van der Waals surface area (Å²) in [4.78, 5) is 12.2. The van der Waals surface area contributed by atoms with E-state index in [4.69, 9.17) is 4.74 Å². The van der Waals surface area contributed by atoms with Crippen LogP contribution in [0, 0.1) is 0 Å². The van der Waals surface area contributed by atoms with Gasteiger partial charge in [-0.1, -0.05) is 42.5 Å². The van der Waals surface area contributed by atoms with E-state index in [1.807, 2.05) is 18.2 Å². The maximum atomic E-state index is 13.0. The fraction of sp³-hybridized carbons (Fsp3) is 0.0952.